The fourth-order valence-corrected chi connectivity index (χ4v) is 2.53. The molecule has 3 aromatic rings. The van der Waals surface area contributed by atoms with Gasteiger partial charge in [0.15, 0.2) is 5.82 Å². The van der Waals surface area contributed by atoms with Gasteiger partial charge in [0.1, 0.15) is 5.75 Å². The van der Waals surface area contributed by atoms with Gasteiger partial charge >= 0.3 is 0 Å². The molecule has 0 radical (unpaired) electrons. The highest BCUT2D eigenvalue weighted by Gasteiger charge is 2.10. The van der Waals surface area contributed by atoms with E-state index in [1.807, 2.05) is 36.4 Å². The Bertz CT molecular complexity index is 931. The van der Waals surface area contributed by atoms with Gasteiger partial charge in [-0.3, -0.25) is 4.79 Å². The molecule has 0 fully saturated rings. The van der Waals surface area contributed by atoms with Crippen LogP contribution in [-0.4, -0.2) is 23.0 Å². The summed E-state index contributed by atoms with van der Waals surface area (Å²) >= 11 is 6.01. The first-order valence-electron chi connectivity index (χ1n) is 7.34. The fourth-order valence-electron chi connectivity index (χ4n) is 2.36. The van der Waals surface area contributed by atoms with Gasteiger partial charge in [0.2, 0.25) is 5.91 Å². The number of nitrogens with zero attached hydrogens (tertiary/aromatic N) is 1. The van der Waals surface area contributed by atoms with Crippen molar-refractivity contribution in [1.29, 1.82) is 0 Å². The average Bonchev–Trinajstić information content (AvgIpc) is 2.97. The van der Waals surface area contributed by atoms with Gasteiger partial charge in [-0.25, -0.2) is 4.98 Å². The molecular formula is C18H16ClN3O2. The predicted molar refractivity (Wildman–Crippen MR) is 95.8 cm³/mol. The van der Waals surface area contributed by atoms with Crippen LogP contribution in [0.15, 0.2) is 42.5 Å². The molecule has 24 heavy (non-hydrogen) atoms. The predicted octanol–water partition coefficient (Wildman–Crippen LogP) is 3.86. The van der Waals surface area contributed by atoms with Crippen LogP contribution in [-0.2, 0) is 4.79 Å². The number of ether oxygens (including phenoxy) is 1. The Kier molecular flexibility index (Phi) is 4.53. The molecule has 5 nitrogen and oxygen atoms in total. The van der Waals surface area contributed by atoms with Crippen molar-refractivity contribution in [3.8, 4) is 5.75 Å². The van der Waals surface area contributed by atoms with E-state index in [1.54, 1.807) is 19.2 Å². The number of aromatic amines is 1. The van der Waals surface area contributed by atoms with E-state index in [1.165, 1.54) is 6.92 Å². The highest BCUT2D eigenvalue weighted by Crippen LogP contribution is 2.22. The number of imidazole rings is 1. The van der Waals surface area contributed by atoms with Crippen LogP contribution in [0.3, 0.4) is 0 Å². The van der Waals surface area contributed by atoms with E-state index in [2.05, 4.69) is 15.3 Å². The molecule has 1 aromatic heterocycles. The number of halogens is 1. The molecule has 1 amide bonds. The number of fused-ring (bicyclic) bond motifs is 1. The Labute approximate surface area is 144 Å². The van der Waals surface area contributed by atoms with Crippen molar-refractivity contribution >= 4 is 40.3 Å². The maximum Gasteiger partial charge on any atom is 0.221 e. The van der Waals surface area contributed by atoms with E-state index < -0.39 is 0 Å². The minimum atomic E-state index is -0.178. The molecule has 0 saturated carbocycles. The van der Waals surface area contributed by atoms with Crippen LogP contribution in [0.4, 0.5) is 0 Å². The lowest BCUT2D eigenvalue weighted by molar-refractivity contribution is -0.117. The fraction of sp³-hybridized carbons (Fsp3) is 0.111. The molecule has 6 heteroatoms. The summed E-state index contributed by atoms with van der Waals surface area (Å²) in [5.74, 6) is 1.12. The number of carbonyl (C=O) groups is 1. The molecule has 2 N–H and O–H groups in total. The van der Waals surface area contributed by atoms with Crippen LogP contribution in [0, 0.1) is 0 Å². The van der Waals surface area contributed by atoms with Crippen molar-refractivity contribution in [3.63, 3.8) is 0 Å². The highest BCUT2D eigenvalue weighted by molar-refractivity contribution is 6.31. The molecule has 3 rings (SSSR count). The van der Waals surface area contributed by atoms with Crippen molar-refractivity contribution < 1.29 is 9.53 Å². The number of H-pyrrole nitrogens is 1. The van der Waals surface area contributed by atoms with Crippen LogP contribution in [0.25, 0.3) is 22.8 Å². The van der Waals surface area contributed by atoms with Gasteiger partial charge in [0.25, 0.3) is 0 Å². The minimum absolute atomic E-state index is 0.178. The topological polar surface area (TPSA) is 67.0 Å². The second-order valence-electron chi connectivity index (χ2n) is 5.26. The summed E-state index contributed by atoms with van der Waals surface area (Å²) in [5.41, 5.74) is 3.04. The standard InChI is InChI=1S/C18H16ClN3O2/c1-11(23)20-17(9-12-4-3-5-14(8-12)24-2)18-21-15-7-6-13(19)10-16(15)22-18/h3-10H,1-2H3,(H,20,23)(H,21,22)/b17-9+. The highest BCUT2D eigenvalue weighted by atomic mass is 35.5. The lowest BCUT2D eigenvalue weighted by atomic mass is 10.1. The summed E-state index contributed by atoms with van der Waals surface area (Å²) < 4.78 is 5.23. The Morgan fingerprint density at radius 2 is 2.12 bits per heavy atom. The van der Waals surface area contributed by atoms with Crippen LogP contribution in [0.5, 0.6) is 5.75 Å². The number of amides is 1. The molecule has 2 aromatic carbocycles. The summed E-state index contributed by atoms with van der Waals surface area (Å²) in [6.07, 6.45) is 1.84. The first-order valence-corrected chi connectivity index (χ1v) is 7.72. The SMILES string of the molecule is COc1cccc(/C=C(/NC(C)=O)c2nc3ccc(Cl)cc3[nH]2)c1. The van der Waals surface area contributed by atoms with Crippen molar-refractivity contribution in [3.05, 3.63) is 58.9 Å². The molecule has 0 aliphatic carbocycles. The molecule has 0 atom stereocenters. The lowest BCUT2D eigenvalue weighted by Crippen LogP contribution is -2.18. The summed E-state index contributed by atoms with van der Waals surface area (Å²) in [4.78, 5) is 19.3. The number of rotatable bonds is 4. The molecule has 0 unspecified atom stereocenters. The number of aromatic nitrogens is 2. The van der Waals surface area contributed by atoms with Crippen LogP contribution in [0.1, 0.15) is 18.3 Å². The molecule has 0 spiro atoms. The first-order chi connectivity index (χ1) is 11.5. The van der Waals surface area contributed by atoms with E-state index >= 15 is 0 Å². The van der Waals surface area contributed by atoms with Crippen LogP contribution >= 0.6 is 11.6 Å². The second kappa shape index (κ2) is 6.76. The average molecular weight is 342 g/mol. The number of carbonyl (C=O) groups excluding carboxylic acids is 1. The number of hydrogen-bond donors (Lipinski definition) is 2. The van der Waals surface area contributed by atoms with Crippen molar-refractivity contribution in [1.82, 2.24) is 15.3 Å². The quantitative estimate of drug-likeness (QED) is 0.757. The number of hydrogen-bond acceptors (Lipinski definition) is 3. The lowest BCUT2D eigenvalue weighted by Gasteiger charge is -2.06. The molecule has 1 heterocycles. The van der Waals surface area contributed by atoms with Crippen molar-refractivity contribution in [2.75, 3.05) is 7.11 Å². The van der Waals surface area contributed by atoms with Gasteiger partial charge < -0.3 is 15.0 Å². The van der Waals surface area contributed by atoms with E-state index in [0.717, 1.165) is 22.3 Å². The Morgan fingerprint density at radius 1 is 1.29 bits per heavy atom. The third-order valence-corrected chi connectivity index (χ3v) is 3.65. The van der Waals surface area contributed by atoms with Gasteiger partial charge in [0.05, 0.1) is 23.8 Å². The largest absolute Gasteiger partial charge is 0.497 e. The maximum absolute atomic E-state index is 11.6. The van der Waals surface area contributed by atoms with E-state index in [-0.39, 0.29) is 5.91 Å². The summed E-state index contributed by atoms with van der Waals surface area (Å²) in [6, 6.07) is 12.9. The summed E-state index contributed by atoms with van der Waals surface area (Å²) in [5, 5.41) is 3.43. The van der Waals surface area contributed by atoms with Gasteiger partial charge in [0, 0.05) is 11.9 Å². The van der Waals surface area contributed by atoms with Gasteiger partial charge in [-0.15, -0.1) is 0 Å². The molecule has 0 bridgehead atoms. The minimum Gasteiger partial charge on any atom is -0.497 e. The van der Waals surface area contributed by atoms with Gasteiger partial charge in [-0.2, -0.15) is 0 Å². The molecule has 0 aliphatic rings. The summed E-state index contributed by atoms with van der Waals surface area (Å²) in [6.45, 7) is 1.46. The molecule has 0 aliphatic heterocycles. The first kappa shape index (κ1) is 16.1. The van der Waals surface area contributed by atoms with Crippen LogP contribution < -0.4 is 10.1 Å². The van der Waals surface area contributed by atoms with Gasteiger partial charge in [-0.1, -0.05) is 23.7 Å². The number of methoxy groups -OCH3 is 1. The zero-order valence-corrected chi connectivity index (χ0v) is 14.0. The molecule has 0 saturated heterocycles. The monoisotopic (exact) mass is 341 g/mol. The normalized spacial score (nSPS) is 11.5. The second-order valence-corrected chi connectivity index (χ2v) is 5.70. The smallest absolute Gasteiger partial charge is 0.221 e. The third kappa shape index (κ3) is 3.58. The van der Waals surface area contributed by atoms with E-state index in [9.17, 15) is 4.79 Å². The Morgan fingerprint density at radius 3 is 2.88 bits per heavy atom. The van der Waals surface area contributed by atoms with Crippen LogP contribution in [0.2, 0.25) is 5.02 Å². The molecule has 122 valence electrons. The Balaban J connectivity index is 2.06. The van der Waals surface area contributed by atoms with Crippen molar-refractivity contribution in [2.45, 2.75) is 6.92 Å². The number of nitrogens with one attached hydrogen (secondary N) is 2. The summed E-state index contributed by atoms with van der Waals surface area (Å²) in [7, 11) is 1.61. The van der Waals surface area contributed by atoms with Crippen molar-refractivity contribution in [2.24, 2.45) is 0 Å². The van der Waals surface area contributed by atoms with Gasteiger partial charge in [-0.05, 0) is 42.0 Å². The Hall–Kier alpha value is -2.79. The van der Waals surface area contributed by atoms with E-state index in [4.69, 9.17) is 16.3 Å². The van der Waals surface area contributed by atoms with E-state index in [0.29, 0.717) is 16.5 Å². The zero-order valence-electron chi connectivity index (χ0n) is 13.3. The zero-order chi connectivity index (χ0) is 17.1. The third-order valence-electron chi connectivity index (χ3n) is 3.41. The molecular weight excluding hydrogens is 326 g/mol. The number of benzene rings is 2. The maximum atomic E-state index is 11.6.